The van der Waals surface area contributed by atoms with Crippen molar-refractivity contribution >= 4 is 15.9 Å². The van der Waals surface area contributed by atoms with Crippen LogP contribution in [0, 0.1) is 6.92 Å². The van der Waals surface area contributed by atoms with E-state index in [1.165, 1.54) is 4.31 Å². The average Bonchev–Trinajstić information content (AvgIpc) is 2.64. The number of nitrogens with one attached hydrogen (secondary N) is 1. The molecule has 5 nitrogen and oxygen atoms in total. The number of hydrogen-bond acceptors (Lipinski definition) is 3. The van der Waals surface area contributed by atoms with Crippen LogP contribution in [0.25, 0.3) is 0 Å². The molecule has 0 saturated heterocycles. The van der Waals surface area contributed by atoms with Gasteiger partial charge in [-0.25, -0.2) is 8.42 Å². The Hall–Kier alpha value is -2.18. The molecule has 2 aromatic rings. The predicted octanol–water partition coefficient (Wildman–Crippen LogP) is 3.10. The Bertz CT molecular complexity index is 803. The molecule has 140 valence electrons. The van der Waals surface area contributed by atoms with Gasteiger partial charge in [-0.2, -0.15) is 4.31 Å². The average molecular weight is 375 g/mol. The first-order valence-electron chi connectivity index (χ1n) is 8.81. The van der Waals surface area contributed by atoms with Gasteiger partial charge in [0.25, 0.3) is 0 Å². The van der Waals surface area contributed by atoms with Crippen LogP contribution in [0.15, 0.2) is 59.5 Å². The van der Waals surface area contributed by atoms with Crippen LogP contribution in [0.5, 0.6) is 0 Å². The molecule has 0 fully saturated rings. The normalized spacial score (nSPS) is 11.5. The third-order valence-corrected chi connectivity index (χ3v) is 5.84. The van der Waals surface area contributed by atoms with Crippen LogP contribution in [0.4, 0.5) is 0 Å². The number of unbranched alkanes of at least 4 members (excludes halogenated alkanes) is 1. The van der Waals surface area contributed by atoms with E-state index in [0.717, 1.165) is 24.0 Å². The highest BCUT2D eigenvalue weighted by Gasteiger charge is 2.26. The van der Waals surface area contributed by atoms with Gasteiger partial charge in [0.1, 0.15) is 0 Å². The monoisotopic (exact) mass is 374 g/mol. The summed E-state index contributed by atoms with van der Waals surface area (Å²) in [6, 6.07) is 15.9. The van der Waals surface area contributed by atoms with E-state index in [1.807, 2.05) is 38.1 Å². The summed E-state index contributed by atoms with van der Waals surface area (Å²) in [5.41, 5.74) is 1.94. The quantitative estimate of drug-likeness (QED) is 0.686. The van der Waals surface area contributed by atoms with Crippen LogP contribution in [-0.2, 0) is 21.4 Å². The Morgan fingerprint density at radius 1 is 1.04 bits per heavy atom. The minimum atomic E-state index is -3.76. The largest absolute Gasteiger partial charge is 0.355 e. The van der Waals surface area contributed by atoms with E-state index in [1.54, 1.807) is 30.3 Å². The van der Waals surface area contributed by atoms with Gasteiger partial charge in [0.2, 0.25) is 15.9 Å². The van der Waals surface area contributed by atoms with Gasteiger partial charge in [0.15, 0.2) is 0 Å². The molecule has 0 radical (unpaired) electrons. The summed E-state index contributed by atoms with van der Waals surface area (Å²) in [4.78, 5) is 12.4. The maximum absolute atomic E-state index is 13.0. The lowest BCUT2D eigenvalue weighted by atomic mass is 10.1. The number of aryl methyl sites for hydroxylation is 1. The van der Waals surface area contributed by atoms with Crippen molar-refractivity contribution in [3.63, 3.8) is 0 Å². The maximum Gasteiger partial charge on any atom is 0.243 e. The molecular formula is C20H26N2O3S. The number of carbonyl (C=O) groups excluding carboxylic acids is 1. The Labute approximate surface area is 156 Å². The van der Waals surface area contributed by atoms with Crippen molar-refractivity contribution in [3.8, 4) is 0 Å². The number of amides is 1. The van der Waals surface area contributed by atoms with E-state index in [9.17, 15) is 13.2 Å². The van der Waals surface area contributed by atoms with Gasteiger partial charge in [-0.1, -0.05) is 61.4 Å². The van der Waals surface area contributed by atoms with Crippen LogP contribution in [0.1, 0.15) is 30.9 Å². The molecule has 2 aromatic carbocycles. The number of hydrogen-bond donors (Lipinski definition) is 1. The topological polar surface area (TPSA) is 66.5 Å². The Morgan fingerprint density at radius 3 is 2.31 bits per heavy atom. The number of sulfonamides is 1. The lowest BCUT2D eigenvalue weighted by Gasteiger charge is -2.22. The van der Waals surface area contributed by atoms with Gasteiger partial charge >= 0.3 is 0 Å². The molecule has 0 aliphatic heterocycles. The number of rotatable bonds is 9. The van der Waals surface area contributed by atoms with Crippen molar-refractivity contribution in [2.45, 2.75) is 38.1 Å². The second kappa shape index (κ2) is 9.50. The Morgan fingerprint density at radius 2 is 1.69 bits per heavy atom. The molecule has 0 spiro atoms. The molecule has 0 unspecified atom stereocenters. The molecule has 6 heteroatoms. The van der Waals surface area contributed by atoms with Crippen LogP contribution < -0.4 is 5.32 Å². The second-order valence-electron chi connectivity index (χ2n) is 6.28. The summed E-state index contributed by atoms with van der Waals surface area (Å²) < 4.78 is 27.3. The fraction of sp³-hybridized carbons (Fsp3) is 0.350. The zero-order valence-corrected chi connectivity index (χ0v) is 16.1. The van der Waals surface area contributed by atoms with Gasteiger partial charge in [0.05, 0.1) is 11.4 Å². The highest BCUT2D eigenvalue weighted by atomic mass is 32.2. The summed E-state index contributed by atoms with van der Waals surface area (Å²) in [5.74, 6) is -0.287. The summed E-state index contributed by atoms with van der Waals surface area (Å²) in [6.07, 6.45) is 1.84. The van der Waals surface area contributed by atoms with Gasteiger partial charge in [-0.05, 0) is 31.0 Å². The first-order valence-corrected chi connectivity index (χ1v) is 10.2. The Balaban J connectivity index is 2.23. The number of benzene rings is 2. The molecule has 0 atom stereocenters. The van der Waals surface area contributed by atoms with Crippen molar-refractivity contribution in [3.05, 3.63) is 65.7 Å². The zero-order valence-electron chi connectivity index (χ0n) is 15.3. The third kappa shape index (κ3) is 5.68. The SMILES string of the molecule is CCCCNC(=O)CN(Cc1ccc(C)cc1)S(=O)(=O)c1ccccc1. The lowest BCUT2D eigenvalue weighted by molar-refractivity contribution is -0.121. The van der Waals surface area contributed by atoms with Gasteiger partial charge in [-0.3, -0.25) is 4.79 Å². The van der Waals surface area contributed by atoms with Crippen molar-refractivity contribution < 1.29 is 13.2 Å². The molecule has 26 heavy (non-hydrogen) atoms. The van der Waals surface area contributed by atoms with Gasteiger partial charge < -0.3 is 5.32 Å². The minimum absolute atomic E-state index is 0.151. The molecular weight excluding hydrogens is 348 g/mol. The smallest absolute Gasteiger partial charge is 0.243 e. The summed E-state index contributed by atoms with van der Waals surface area (Å²) in [7, 11) is -3.76. The highest BCUT2D eigenvalue weighted by molar-refractivity contribution is 7.89. The molecule has 0 aliphatic carbocycles. The van der Waals surface area contributed by atoms with Crippen molar-refractivity contribution in [2.75, 3.05) is 13.1 Å². The maximum atomic E-state index is 13.0. The molecule has 1 amide bonds. The van der Waals surface area contributed by atoms with Gasteiger partial charge in [-0.15, -0.1) is 0 Å². The predicted molar refractivity (Wildman–Crippen MR) is 103 cm³/mol. The molecule has 2 rings (SSSR count). The molecule has 0 bridgehead atoms. The van der Waals surface area contributed by atoms with Crippen molar-refractivity contribution in [2.24, 2.45) is 0 Å². The molecule has 1 N–H and O–H groups in total. The minimum Gasteiger partial charge on any atom is -0.355 e. The fourth-order valence-corrected chi connectivity index (χ4v) is 3.89. The van der Waals surface area contributed by atoms with Crippen molar-refractivity contribution in [1.82, 2.24) is 9.62 Å². The first-order chi connectivity index (χ1) is 12.4. The number of carbonyl (C=O) groups is 1. The molecule has 0 heterocycles. The van der Waals surface area contributed by atoms with E-state index >= 15 is 0 Å². The van der Waals surface area contributed by atoms with E-state index in [2.05, 4.69) is 5.32 Å². The summed E-state index contributed by atoms with van der Waals surface area (Å²) in [5, 5.41) is 2.79. The fourth-order valence-electron chi connectivity index (χ4n) is 2.49. The summed E-state index contributed by atoms with van der Waals surface area (Å²) in [6.45, 7) is 4.52. The van der Waals surface area contributed by atoms with Crippen LogP contribution in [0.2, 0.25) is 0 Å². The van der Waals surface area contributed by atoms with Crippen LogP contribution in [-0.4, -0.2) is 31.7 Å². The van der Waals surface area contributed by atoms with E-state index < -0.39 is 10.0 Å². The van der Waals surface area contributed by atoms with Crippen molar-refractivity contribution in [1.29, 1.82) is 0 Å². The van der Waals surface area contributed by atoms with E-state index in [-0.39, 0.29) is 23.9 Å². The third-order valence-electron chi connectivity index (χ3n) is 4.03. The van der Waals surface area contributed by atoms with Gasteiger partial charge in [0, 0.05) is 13.1 Å². The second-order valence-corrected chi connectivity index (χ2v) is 8.21. The van der Waals surface area contributed by atoms with Crippen LogP contribution in [0.3, 0.4) is 0 Å². The summed E-state index contributed by atoms with van der Waals surface area (Å²) >= 11 is 0. The Kier molecular flexibility index (Phi) is 7.36. The van der Waals surface area contributed by atoms with E-state index in [0.29, 0.717) is 6.54 Å². The molecule has 0 aromatic heterocycles. The van der Waals surface area contributed by atoms with Crippen LogP contribution >= 0.6 is 0 Å². The number of nitrogens with zero attached hydrogens (tertiary/aromatic N) is 1. The first kappa shape index (κ1) is 20.1. The zero-order chi connectivity index (χ0) is 19.0. The van der Waals surface area contributed by atoms with E-state index in [4.69, 9.17) is 0 Å². The molecule has 0 saturated carbocycles. The standard InChI is InChI=1S/C20H26N2O3S/c1-3-4-14-21-20(23)16-22(15-18-12-10-17(2)11-13-18)26(24,25)19-8-6-5-7-9-19/h5-13H,3-4,14-16H2,1-2H3,(H,21,23). The highest BCUT2D eigenvalue weighted by Crippen LogP contribution is 2.18. The molecule has 0 aliphatic rings. The lowest BCUT2D eigenvalue weighted by Crippen LogP contribution is -2.40.